The molecule has 6 aromatic rings. The van der Waals surface area contributed by atoms with E-state index in [0.717, 1.165) is 33.1 Å². The highest BCUT2D eigenvalue weighted by atomic mass is 32.1. The number of benzene rings is 4. The molecule has 4 aromatic carbocycles. The normalized spacial score (nSPS) is 16.2. The highest BCUT2D eigenvalue weighted by Gasteiger charge is 2.36. The Morgan fingerprint density at radius 1 is 0.677 bits per heavy atom. The van der Waals surface area contributed by atoms with Crippen molar-refractivity contribution >= 4 is 58.9 Å². The van der Waals surface area contributed by atoms with Crippen molar-refractivity contribution in [2.24, 2.45) is 0 Å². The molecule has 0 amide bonds. The molecule has 1 aliphatic carbocycles. The summed E-state index contributed by atoms with van der Waals surface area (Å²) in [6.45, 7) is 0. The Kier molecular flexibility index (Phi) is 3.30. The quantitative estimate of drug-likeness (QED) is 0.324. The SMILES string of the molecule is OC1=C(c2ccc3c(c2)c2ccccc2n3-c2ccc3c(c2)sc2ccccc23)[C@@H]1O. The first-order chi connectivity index (χ1) is 15.2. The standard InChI is InChI=1S/C27H17NO2S/c29-26-25(27(26)30)15-9-12-22-20(13-15)17-5-1-3-7-21(17)28(22)16-10-11-19-18-6-2-4-8-23(18)31-24(19)14-16/h1-14,26,29-30H/t26-/m0/s1. The first kappa shape index (κ1) is 17.1. The van der Waals surface area contributed by atoms with E-state index in [1.807, 2.05) is 17.4 Å². The van der Waals surface area contributed by atoms with Crippen LogP contribution in [0, 0.1) is 0 Å². The van der Waals surface area contributed by atoms with Crippen molar-refractivity contribution in [2.75, 3.05) is 0 Å². The number of fused-ring (bicyclic) bond motifs is 6. The van der Waals surface area contributed by atoms with Gasteiger partial charge in [0.2, 0.25) is 0 Å². The van der Waals surface area contributed by atoms with Crippen LogP contribution in [0.2, 0.25) is 0 Å². The van der Waals surface area contributed by atoms with E-state index in [4.69, 9.17) is 0 Å². The summed E-state index contributed by atoms with van der Waals surface area (Å²) in [4.78, 5) is 0. The van der Waals surface area contributed by atoms with Gasteiger partial charge < -0.3 is 14.8 Å². The Morgan fingerprint density at radius 2 is 1.39 bits per heavy atom. The second kappa shape index (κ2) is 5.97. The zero-order chi connectivity index (χ0) is 20.7. The molecule has 3 nitrogen and oxygen atoms in total. The van der Waals surface area contributed by atoms with Gasteiger partial charge in [-0.15, -0.1) is 11.3 Å². The summed E-state index contributed by atoms with van der Waals surface area (Å²) >= 11 is 1.82. The van der Waals surface area contributed by atoms with Crippen LogP contribution in [0.3, 0.4) is 0 Å². The van der Waals surface area contributed by atoms with Crippen LogP contribution in [0.4, 0.5) is 0 Å². The van der Waals surface area contributed by atoms with Crippen molar-refractivity contribution in [3.8, 4) is 5.69 Å². The van der Waals surface area contributed by atoms with Crippen LogP contribution >= 0.6 is 11.3 Å². The highest BCUT2D eigenvalue weighted by Crippen LogP contribution is 2.42. The number of hydrogen-bond acceptors (Lipinski definition) is 3. The summed E-state index contributed by atoms with van der Waals surface area (Å²) in [7, 11) is 0. The molecule has 2 aromatic heterocycles. The van der Waals surface area contributed by atoms with Crippen molar-refractivity contribution in [2.45, 2.75) is 6.10 Å². The lowest BCUT2D eigenvalue weighted by molar-refractivity contribution is 0.249. The topological polar surface area (TPSA) is 45.4 Å². The zero-order valence-electron chi connectivity index (χ0n) is 16.4. The van der Waals surface area contributed by atoms with Crippen LogP contribution in [-0.2, 0) is 0 Å². The number of aliphatic hydroxyl groups excluding tert-OH is 2. The number of aliphatic hydroxyl groups is 2. The van der Waals surface area contributed by atoms with Crippen molar-refractivity contribution in [1.82, 2.24) is 4.57 Å². The van der Waals surface area contributed by atoms with Crippen LogP contribution in [0.1, 0.15) is 5.56 Å². The maximum absolute atomic E-state index is 9.85. The van der Waals surface area contributed by atoms with Crippen LogP contribution in [0.25, 0.3) is 53.2 Å². The summed E-state index contributed by atoms with van der Waals surface area (Å²) < 4.78 is 4.88. The van der Waals surface area contributed by atoms with Gasteiger partial charge in [0.15, 0.2) is 0 Å². The van der Waals surface area contributed by atoms with Crippen LogP contribution < -0.4 is 0 Å². The van der Waals surface area contributed by atoms with Crippen molar-refractivity contribution in [3.63, 3.8) is 0 Å². The molecule has 4 heteroatoms. The average molecular weight is 420 g/mol. The smallest absolute Gasteiger partial charge is 0.140 e. The minimum Gasteiger partial charge on any atom is -0.509 e. The first-order valence-corrected chi connectivity index (χ1v) is 11.1. The predicted molar refractivity (Wildman–Crippen MR) is 129 cm³/mol. The molecule has 7 rings (SSSR count). The lowest BCUT2D eigenvalue weighted by atomic mass is 10.1. The molecule has 148 valence electrons. The molecule has 0 radical (unpaired) electrons. The number of para-hydroxylation sites is 1. The second-order valence-corrected chi connectivity index (χ2v) is 9.15. The van der Waals surface area contributed by atoms with Gasteiger partial charge in [-0.25, -0.2) is 0 Å². The Hall–Kier alpha value is -3.60. The molecular formula is C27H17NO2S. The van der Waals surface area contributed by atoms with Gasteiger partial charge in [0, 0.05) is 42.2 Å². The van der Waals surface area contributed by atoms with Gasteiger partial charge in [-0.2, -0.15) is 0 Å². The molecule has 0 spiro atoms. The van der Waals surface area contributed by atoms with Gasteiger partial charge in [0.1, 0.15) is 11.9 Å². The van der Waals surface area contributed by atoms with E-state index in [-0.39, 0.29) is 5.76 Å². The van der Waals surface area contributed by atoms with E-state index in [2.05, 4.69) is 83.4 Å². The number of hydrogen-bond donors (Lipinski definition) is 2. The van der Waals surface area contributed by atoms with E-state index in [9.17, 15) is 10.2 Å². The summed E-state index contributed by atoms with van der Waals surface area (Å²) in [6.07, 6.45) is -0.818. The Morgan fingerprint density at radius 3 is 2.23 bits per heavy atom. The van der Waals surface area contributed by atoms with E-state index < -0.39 is 6.10 Å². The fraction of sp³-hybridized carbons (Fsp3) is 0.0370. The Balaban J connectivity index is 1.52. The van der Waals surface area contributed by atoms with Crippen LogP contribution in [0.5, 0.6) is 0 Å². The molecule has 2 heterocycles. The van der Waals surface area contributed by atoms with Crippen molar-refractivity contribution < 1.29 is 10.2 Å². The summed E-state index contributed by atoms with van der Waals surface area (Å²) in [5.41, 5.74) is 4.89. The molecule has 1 atom stereocenters. The van der Waals surface area contributed by atoms with Gasteiger partial charge >= 0.3 is 0 Å². The first-order valence-electron chi connectivity index (χ1n) is 10.3. The average Bonchev–Trinajstić information content (AvgIpc) is 3.13. The van der Waals surface area contributed by atoms with E-state index >= 15 is 0 Å². The molecule has 2 N–H and O–H groups in total. The second-order valence-electron chi connectivity index (χ2n) is 8.06. The van der Waals surface area contributed by atoms with Gasteiger partial charge in [0.25, 0.3) is 0 Å². The number of thiophene rings is 1. The third-order valence-corrected chi connectivity index (χ3v) is 7.46. The molecule has 31 heavy (non-hydrogen) atoms. The van der Waals surface area contributed by atoms with Gasteiger partial charge in [-0.1, -0.05) is 48.5 Å². The van der Waals surface area contributed by atoms with Crippen LogP contribution in [0.15, 0.2) is 90.7 Å². The molecule has 0 bridgehead atoms. The maximum atomic E-state index is 9.85. The molecule has 0 aliphatic heterocycles. The Labute approximate surface area is 181 Å². The largest absolute Gasteiger partial charge is 0.509 e. The van der Waals surface area contributed by atoms with E-state index in [0.29, 0.717) is 5.57 Å². The molecular weight excluding hydrogens is 402 g/mol. The van der Waals surface area contributed by atoms with E-state index in [1.165, 1.54) is 20.2 Å². The highest BCUT2D eigenvalue weighted by molar-refractivity contribution is 7.25. The van der Waals surface area contributed by atoms with E-state index in [1.54, 1.807) is 0 Å². The number of nitrogens with zero attached hydrogens (tertiary/aromatic N) is 1. The fourth-order valence-corrected chi connectivity index (χ4v) is 5.92. The summed E-state index contributed by atoms with van der Waals surface area (Å²) in [6, 6.07) is 29.8. The summed E-state index contributed by atoms with van der Waals surface area (Å²) in [5.74, 6) is 0.0818. The van der Waals surface area contributed by atoms with Crippen molar-refractivity contribution in [3.05, 3.63) is 96.3 Å². The molecule has 0 saturated carbocycles. The third-order valence-electron chi connectivity index (χ3n) is 6.33. The minimum absolute atomic E-state index is 0.0818. The van der Waals surface area contributed by atoms with Gasteiger partial charge in [-0.3, -0.25) is 0 Å². The number of aromatic nitrogens is 1. The monoisotopic (exact) mass is 419 g/mol. The predicted octanol–water partition coefficient (Wildman–Crippen LogP) is 6.80. The van der Waals surface area contributed by atoms with Gasteiger partial charge in [0.05, 0.1) is 11.0 Å². The fourth-order valence-electron chi connectivity index (χ4n) is 4.78. The lowest BCUT2D eigenvalue weighted by Gasteiger charge is -2.08. The molecule has 0 fully saturated rings. The van der Waals surface area contributed by atoms with Crippen LogP contribution in [-0.4, -0.2) is 20.9 Å². The third kappa shape index (κ3) is 2.31. The van der Waals surface area contributed by atoms with Crippen molar-refractivity contribution in [1.29, 1.82) is 0 Å². The zero-order valence-corrected chi connectivity index (χ0v) is 17.2. The number of rotatable bonds is 2. The molecule has 0 saturated heterocycles. The molecule has 0 unspecified atom stereocenters. The minimum atomic E-state index is -0.818. The Bertz CT molecular complexity index is 1720. The lowest BCUT2D eigenvalue weighted by Crippen LogP contribution is -1.93. The van der Waals surface area contributed by atoms with Gasteiger partial charge in [-0.05, 0) is 42.0 Å². The molecule has 1 aliphatic rings. The summed E-state index contributed by atoms with van der Waals surface area (Å²) in [5, 5.41) is 24.5. The maximum Gasteiger partial charge on any atom is 0.140 e.